The van der Waals surface area contributed by atoms with Crippen LogP contribution in [0.15, 0.2) is 41.0 Å². The fourth-order valence-electron chi connectivity index (χ4n) is 1.59. The summed E-state index contributed by atoms with van der Waals surface area (Å²) in [6.45, 7) is 3.36. The third-order valence-electron chi connectivity index (χ3n) is 2.74. The van der Waals surface area contributed by atoms with Crippen molar-refractivity contribution in [2.75, 3.05) is 0 Å². The second-order valence-corrected chi connectivity index (χ2v) is 4.41. The molecule has 0 saturated heterocycles. The smallest absolute Gasteiger partial charge is 0.200 e. The fraction of sp³-hybridized carbons (Fsp3) is 0.231. The maximum atomic E-state index is 12.4. The van der Waals surface area contributed by atoms with Crippen LogP contribution in [-0.2, 0) is 10.3 Å². The van der Waals surface area contributed by atoms with Gasteiger partial charge >= 0.3 is 0 Å². The Labute approximate surface area is 110 Å². The zero-order valence-electron chi connectivity index (χ0n) is 10.6. The molecule has 0 bridgehead atoms. The fourth-order valence-corrected chi connectivity index (χ4v) is 1.59. The third-order valence-corrected chi connectivity index (χ3v) is 2.74. The maximum Gasteiger partial charge on any atom is 0.200 e. The van der Waals surface area contributed by atoms with Crippen molar-refractivity contribution in [1.82, 2.24) is 14.8 Å². The molecule has 2 heterocycles. The van der Waals surface area contributed by atoms with Crippen LogP contribution in [-0.4, -0.2) is 20.5 Å². The van der Waals surface area contributed by atoms with E-state index in [0.29, 0.717) is 5.76 Å². The zero-order chi connectivity index (χ0) is 13.9. The van der Waals surface area contributed by atoms with Gasteiger partial charge in [-0.05, 0) is 26.0 Å². The molecule has 6 heteroatoms. The summed E-state index contributed by atoms with van der Waals surface area (Å²) in [5, 5.41) is 13.1. The lowest BCUT2D eigenvalue weighted by Gasteiger charge is -2.22. The van der Waals surface area contributed by atoms with E-state index in [1.165, 1.54) is 29.7 Å². The van der Waals surface area contributed by atoms with Crippen molar-refractivity contribution in [3.8, 4) is 6.07 Å². The van der Waals surface area contributed by atoms with Crippen molar-refractivity contribution >= 4 is 11.9 Å². The first kappa shape index (κ1) is 12.8. The van der Waals surface area contributed by atoms with Crippen LogP contribution in [0.3, 0.4) is 0 Å². The summed E-state index contributed by atoms with van der Waals surface area (Å²) in [6.07, 6.45) is 5.69. The van der Waals surface area contributed by atoms with Gasteiger partial charge in [0.1, 0.15) is 35.6 Å². The van der Waals surface area contributed by atoms with Crippen molar-refractivity contribution in [3.63, 3.8) is 0 Å². The molecule has 0 spiro atoms. The summed E-state index contributed by atoms with van der Waals surface area (Å²) in [7, 11) is 0. The van der Waals surface area contributed by atoms with E-state index in [9.17, 15) is 4.79 Å². The highest BCUT2D eigenvalue weighted by atomic mass is 16.3. The van der Waals surface area contributed by atoms with E-state index in [-0.39, 0.29) is 11.4 Å². The zero-order valence-corrected chi connectivity index (χ0v) is 10.6. The van der Waals surface area contributed by atoms with Crippen LogP contribution in [0.5, 0.6) is 0 Å². The molecule has 19 heavy (non-hydrogen) atoms. The van der Waals surface area contributed by atoms with Crippen LogP contribution < -0.4 is 0 Å². The van der Waals surface area contributed by atoms with E-state index >= 15 is 0 Å². The van der Waals surface area contributed by atoms with E-state index in [1.807, 2.05) is 6.07 Å². The Kier molecular flexibility index (Phi) is 3.29. The number of furan rings is 1. The number of hydrogen-bond donors (Lipinski definition) is 0. The lowest BCUT2D eigenvalue weighted by Crippen LogP contribution is -2.37. The number of allylic oxidation sites excluding steroid dienone is 1. The highest BCUT2D eigenvalue weighted by Gasteiger charge is 2.33. The molecule has 0 unspecified atom stereocenters. The maximum absolute atomic E-state index is 12.4. The highest BCUT2D eigenvalue weighted by Crippen LogP contribution is 2.20. The van der Waals surface area contributed by atoms with Crippen LogP contribution in [0.25, 0.3) is 6.08 Å². The molecule has 0 atom stereocenters. The van der Waals surface area contributed by atoms with Crippen LogP contribution in [0.4, 0.5) is 0 Å². The lowest BCUT2D eigenvalue weighted by atomic mass is 9.93. The molecule has 0 fully saturated rings. The molecule has 0 aromatic carbocycles. The summed E-state index contributed by atoms with van der Waals surface area (Å²) in [5.74, 6) is 0.108. The van der Waals surface area contributed by atoms with Crippen molar-refractivity contribution in [1.29, 1.82) is 5.26 Å². The summed E-state index contributed by atoms with van der Waals surface area (Å²) in [4.78, 5) is 16.2. The van der Waals surface area contributed by atoms with Crippen molar-refractivity contribution < 1.29 is 9.21 Å². The van der Waals surface area contributed by atoms with Crippen LogP contribution in [0.2, 0.25) is 0 Å². The lowest BCUT2D eigenvalue weighted by molar-refractivity contribution is -0.122. The summed E-state index contributed by atoms with van der Waals surface area (Å²) >= 11 is 0. The van der Waals surface area contributed by atoms with E-state index in [2.05, 4.69) is 10.1 Å². The number of aromatic nitrogens is 3. The van der Waals surface area contributed by atoms with Gasteiger partial charge in [-0.25, -0.2) is 9.67 Å². The molecule has 0 aliphatic carbocycles. The minimum Gasteiger partial charge on any atom is -0.465 e. The Morgan fingerprint density at radius 2 is 2.37 bits per heavy atom. The van der Waals surface area contributed by atoms with Gasteiger partial charge in [0.15, 0.2) is 0 Å². The quantitative estimate of drug-likeness (QED) is 0.615. The number of nitriles is 1. The number of carbonyl (C=O) groups excluding carboxylic acids is 1. The van der Waals surface area contributed by atoms with Gasteiger partial charge in [0, 0.05) is 6.08 Å². The first-order valence-corrected chi connectivity index (χ1v) is 5.61. The van der Waals surface area contributed by atoms with Gasteiger partial charge in [0.05, 0.1) is 6.26 Å². The molecule has 2 aromatic rings. The van der Waals surface area contributed by atoms with Crippen molar-refractivity contribution in [2.45, 2.75) is 19.4 Å². The molecular formula is C13H12N4O2. The minimum absolute atomic E-state index is 0.00968. The van der Waals surface area contributed by atoms with E-state index < -0.39 is 5.54 Å². The van der Waals surface area contributed by atoms with Gasteiger partial charge in [-0.1, -0.05) is 0 Å². The number of carbonyl (C=O) groups is 1. The Bertz CT molecular complexity index is 631. The summed E-state index contributed by atoms with van der Waals surface area (Å²) in [6, 6.07) is 5.26. The predicted molar refractivity (Wildman–Crippen MR) is 66.6 cm³/mol. The molecule has 6 nitrogen and oxygen atoms in total. The van der Waals surface area contributed by atoms with E-state index in [1.54, 1.807) is 26.0 Å². The SMILES string of the molecule is CC(C)(C(=O)/C(C#N)=C\c1ccco1)n1cncn1. The van der Waals surface area contributed by atoms with Crippen molar-refractivity contribution in [2.24, 2.45) is 0 Å². The van der Waals surface area contributed by atoms with E-state index in [4.69, 9.17) is 9.68 Å². The molecule has 0 aliphatic heterocycles. The summed E-state index contributed by atoms with van der Waals surface area (Å²) < 4.78 is 6.52. The molecular weight excluding hydrogens is 244 g/mol. The Hall–Kier alpha value is -2.68. The van der Waals surface area contributed by atoms with Gasteiger partial charge < -0.3 is 4.42 Å². The predicted octanol–water partition coefficient (Wildman–Crippen LogP) is 1.78. The highest BCUT2D eigenvalue weighted by molar-refractivity contribution is 6.07. The monoisotopic (exact) mass is 256 g/mol. The average molecular weight is 256 g/mol. The molecule has 96 valence electrons. The molecule has 0 aliphatic rings. The molecule has 2 aromatic heterocycles. The van der Waals surface area contributed by atoms with Crippen LogP contribution in [0, 0.1) is 11.3 Å². The molecule has 0 amide bonds. The Morgan fingerprint density at radius 1 is 1.58 bits per heavy atom. The Morgan fingerprint density at radius 3 is 2.89 bits per heavy atom. The molecule has 0 radical (unpaired) electrons. The van der Waals surface area contributed by atoms with Gasteiger partial charge in [-0.15, -0.1) is 0 Å². The van der Waals surface area contributed by atoms with Gasteiger partial charge in [0.25, 0.3) is 0 Å². The number of rotatable bonds is 4. The number of Topliss-reactive ketones (excluding diaryl/α,β-unsaturated/α-hetero) is 1. The number of ketones is 1. The second kappa shape index (κ2) is 4.90. The molecule has 0 saturated carbocycles. The second-order valence-electron chi connectivity index (χ2n) is 4.41. The molecule has 2 rings (SSSR count). The van der Waals surface area contributed by atoms with Gasteiger partial charge in [-0.2, -0.15) is 10.4 Å². The third kappa shape index (κ3) is 2.45. The van der Waals surface area contributed by atoms with Gasteiger partial charge in [-0.3, -0.25) is 4.79 Å². The first-order chi connectivity index (χ1) is 9.05. The number of nitrogens with zero attached hydrogens (tertiary/aromatic N) is 4. The molecule has 0 N–H and O–H groups in total. The standard InChI is InChI=1S/C13H12N4O2/c1-13(2,17-9-15-8-16-17)12(18)10(7-14)6-11-4-3-5-19-11/h3-6,8-9H,1-2H3/b10-6-. The average Bonchev–Trinajstić information content (AvgIpc) is 3.07. The van der Waals surface area contributed by atoms with E-state index in [0.717, 1.165) is 0 Å². The summed E-state index contributed by atoms with van der Waals surface area (Å²) in [5.41, 5.74) is -0.972. The minimum atomic E-state index is -0.981. The van der Waals surface area contributed by atoms with Gasteiger partial charge in [0.2, 0.25) is 5.78 Å². The first-order valence-electron chi connectivity index (χ1n) is 5.61. The Balaban J connectivity index is 2.35. The number of hydrogen-bond acceptors (Lipinski definition) is 5. The van der Waals surface area contributed by atoms with Crippen LogP contribution >= 0.6 is 0 Å². The topological polar surface area (TPSA) is 84.7 Å². The van der Waals surface area contributed by atoms with Crippen LogP contribution in [0.1, 0.15) is 19.6 Å². The van der Waals surface area contributed by atoms with Crippen molar-refractivity contribution in [3.05, 3.63) is 42.4 Å². The largest absolute Gasteiger partial charge is 0.465 e. The normalized spacial score (nSPS) is 12.2.